The first-order valence-corrected chi connectivity index (χ1v) is 8.88. The van der Waals surface area contributed by atoms with E-state index in [9.17, 15) is 4.79 Å². The van der Waals surface area contributed by atoms with Gasteiger partial charge in [0, 0.05) is 23.1 Å². The normalized spacial score (nSPS) is 10.7. The molecule has 0 saturated heterocycles. The average molecular weight is 344 g/mol. The molecule has 122 valence electrons. The lowest BCUT2D eigenvalue weighted by atomic mass is 10.1. The number of carbonyl (C=O) groups is 1. The smallest absolute Gasteiger partial charge is 0.257 e. The Bertz CT molecular complexity index is 1020. The Hall–Kier alpha value is -2.98. The molecule has 0 fully saturated rings. The van der Waals surface area contributed by atoms with Crippen LogP contribution < -0.4 is 5.32 Å². The summed E-state index contributed by atoms with van der Waals surface area (Å²) in [6, 6.07) is 24.0. The molecule has 1 aromatic heterocycles. The number of nitrogens with one attached hydrogen (secondary N) is 1. The number of thiazole rings is 1. The van der Waals surface area contributed by atoms with Gasteiger partial charge in [-0.1, -0.05) is 60.7 Å². The predicted molar refractivity (Wildman–Crippen MR) is 103 cm³/mol. The van der Waals surface area contributed by atoms with Crippen LogP contribution in [0.25, 0.3) is 10.8 Å². The number of rotatable bonds is 4. The minimum Gasteiger partial charge on any atom is -0.298 e. The number of benzene rings is 3. The molecule has 0 bridgehead atoms. The molecule has 4 aromatic rings. The molecule has 0 spiro atoms. The molecule has 0 radical (unpaired) electrons. The van der Waals surface area contributed by atoms with Crippen molar-refractivity contribution in [3.05, 3.63) is 95.0 Å². The zero-order valence-electron chi connectivity index (χ0n) is 13.5. The Morgan fingerprint density at radius 1 is 0.920 bits per heavy atom. The fraction of sp³-hybridized carbons (Fsp3) is 0.0476. The molecule has 0 aliphatic rings. The zero-order chi connectivity index (χ0) is 17.1. The molecule has 1 N–H and O–H groups in total. The largest absolute Gasteiger partial charge is 0.298 e. The van der Waals surface area contributed by atoms with Crippen molar-refractivity contribution in [1.29, 1.82) is 0 Å². The van der Waals surface area contributed by atoms with Gasteiger partial charge in [-0.15, -0.1) is 11.3 Å². The van der Waals surface area contributed by atoms with E-state index in [4.69, 9.17) is 0 Å². The maximum Gasteiger partial charge on any atom is 0.257 e. The third-order valence-corrected chi connectivity index (χ3v) is 4.92. The van der Waals surface area contributed by atoms with E-state index in [1.54, 1.807) is 0 Å². The van der Waals surface area contributed by atoms with Gasteiger partial charge in [-0.25, -0.2) is 4.98 Å². The van der Waals surface area contributed by atoms with Gasteiger partial charge in [0.05, 0.1) is 0 Å². The van der Waals surface area contributed by atoms with Gasteiger partial charge in [-0.3, -0.25) is 10.1 Å². The minimum absolute atomic E-state index is 0.133. The number of anilines is 1. The van der Waals surface area contributed by atoms with E-state index < -0.39 is 0 Å². The number of fused-ring (bicyclic) bond motifs is 1. The highest BCUT2D eigenvalue weighted by Crippen LogP contribution is 2.22. The van der Waals surface area contributed by atoms with Crippen molar-refractivity contribution in [3.63, 3.8) is 0 Å². The average Bonchev–Trinajstić information content (AvgIpc) is 3.09. The molecular formula is C21H16N2OS. The third-order valence-electron chi connectivity index (χ3n) is 4.01. The summed E-state index contributed by atoms with van der Waals surface area (Å²) in [6.45, 7) is 0. The highest BCUT2D eigenvalue weighted by atomic mass is 32.1. The van der Waals surface area contributed by atoms with Crippen molar-refractivity contribution in [2.24, 2.45) is 0 Å². The predicted octanol–water partition coefficient (Wildman–Crippen LogP) is 5.14. The maximum absolute atomic E-state index is 12.5. The van der Waals surface area contributed by atoms with Crippen LogP contribution in [0.15, 0.2) is 79.0 Å². The standard InChI is InChI=1S/C21H16N2OS/c24-20(18-11-10-16-8-4-5-9-17(16)13-18)23-21-22-14-19(25-21)12-15-6-2-1-3-7-15/h1-11,13-14H,12H2,(H,22,23,24). The number of hydrogen-bond acceptors (Lipinski definition) is 3. The monoisotopic (exact) mass is 344 g/mol. The quantitative estimate of drug-likeness (QED) is 0.557. The van der Waals surface area contributed by atoms with Crippen LogP contribution in [-0.2, 0) is 6.42 Å². The second-order valence-electron chi connectivity index (χ2n) is 5.81. The molecule has 3 nitrogen and oxygen atoms in total. The van der Waals surface area contributed by atoms with Crippen molar-refractivity contribution in [2.75, 3.05) is 5.32 Å². The fourth-order valence-corrected chi connectivity index (χ4v) is 3.59. The highest BCUT2D eigenvalue weighted by molar-refractivity contribution is 7.15. The van der Waals surface area contributed by atoms with Gasteiger partial charge in [-0.2, -0.15) is 0 Å². The first-order valence-electron chi connectivity index (χ1n) is 8.07. The molecule has 1 amide bonds. The van der Waals surface area contributed by atoms with Crippen LogP contribution >= 0.6 is 11.3 Å². The molecule has 1 heterocycles. The summed E-state index contributed by atoms with van der Waals surface area (Å²) in [4.78, 5) is 17.9. The van der Waals surface area contributed by atoms with E-state index in [0.29, 0.717) is 10.7 Å². The Morgan fingerprint density at radius 3 is 2.52 bits per heavy atom. The molecule has 4 rings (SSSR count). The Morgan fingerprint density at radius 2 is 1.68 bits per heavy atom. The molecule has 0 aliphatic heterocycles. The molecule has 0 unspecified atom stereocenters. The summed E-state index contributed by atoms with van der Waals surface area (Å²) in [5, 5.41) is 5.70. The van der Waals surface area contributed by atoms with E-state index in [-0.39, 0.29) is 5.91 Å². The lowest BCUT2D eigenvalue weighted by molar-refractivity contribution is 0.102. The van der Waals surface area contributed by atoms with Crippen LogP contribution in [0.5, 0.6) is 0 Å². The van der Waals surface area contributed by atoms with Crippen molar-refractivity contribution in [1.82, 2.24) is 4.98 Å². The second-order valence-corrected chi connectivity index (χ2v) is 6.93. The lowest BCUT2D eigenvalue weighted by Gasteiger charge is -2.03. The molecule has 0 atom stereocenters. The number of hydrogen-bond donors (Lipinski definition) is 1. The molecule has 4 heteroatoms. The highest BCUT2D eigenvalue weighted by Gasteiger charge is 2.10. The maximum atomic E-state index is 12.5. The Kier molecular flexibility index (Phi) is 4.27. The van der Waals surface area contributed by atoms with Gasteiger partial charge >= 0.3 is 0 Å². The molecule has 3 aromatic carbocycles. The molecule has 25 heavy (non-hydrogen) atoms. The second kappa shape index (κ2) is 6.87. The van der Waals surface area contributed by atoms with E-state index in [1.807, 2.05) is 66.9 Å². The van der Waals surface area contributed by atoms with Crippen LogP contribution in [0.1, 0.15) is 20.8 Å². The van der Waals surface area contributed by atoms with Gasteiger partial charge in [-0.05, 0) is 28.5 Å². The van der Waals surface area contributed by atoms with Crippen LogP contribution in [0.4, 0.5) is 5.13 Å². The molecular weight excluding hydrogens is 328 g/mol. The van der Waals surface area contributed by atoms with Crippen LogP contribution in [-0.4, -0.2) is 10.9 Å². The van der Waals surface area contributed by atoms with Crippen LogP contribution in [0.2, 0.25) is 0 Å². The topological polar surface area (TPSA) is 42.0 Å². The minimum atomic E-state index is -0.133. The number of nitrogens with zero attached hydrogens (tertiary/aromatic N) is 1. The van der Waals surface area contributed by atoms with E-state index in [1.165, 1.54) is 16.9 Å². The van der Waals surface area contributed by atoms with E-state index in [0.717, 1.165) is 22.1 Å². The summed E-state index contributed by atoms with van der Waals surface area (Å²) in [5.41, 5.74) is 1.87. The molecule has 0 aliphatic carbocycles. The zero-order valence-corrected chi connectivity index (χ0v) is 14.3. The third kappa shape index (κ3) is 3.59. The van der Waals surface area contributed by atoms with Crippen molar-refractivity contribution in [3.8, 4) is 0 Å². The fourth-order valence-electron chi connectivity index (χ4n) is 2.74. The van der Waals surface area contributed by atoms with Gasteiger partial charge in [0.15, 0.2) is 5.13 Å². The Labute approximate surface area is 150 Å². The number of amides is 1. The van der Waals surface area contributed by atoms with Gasteiger partial charge < -0.3 is 0 Å². The summed E-state index contributed by atoms with van der Waals surface area (Å²) in [5.74, 6) is -0.133. The van der Waals surface area contributed by atoms with Crippen molar-refractivity contribution >= 4 is 33.1 Å². The van der Waals surface area contributed by atoms with Gasteiger partial charge in [0.1, 0.15) is 0 Å². The van der Waals surface area contributed by atoms with Gasteiger partial charge in [0.2, 0.25) is 0 Å². The summed E-state index contributed by atoms with van der Waals surface area (Å²) in [7, 11) is 0. The van der Waals surface area contributed by atoms with Crippen molar-refractivity contribution in [2.45, 2.75) is 6.42 Å². The first kappa shape index (κ1) is 15.5. The summed E-state index contributed by atoms with van der Waals surface area (Å²) >= 11 is 1.51. The summed E-state index contributed by atoms with van der Waals surface area (Å²) in [6.07, 6.45) is 2.65. The number of aromatic nitrogens is 1. The lowest BCUT2D eigenvalue weighted by Crippen LogP contribution is -2.11. The van der Waals surface area contributed by atoms with Crippen LogP contribution in [0.3, 0.4) is 0 Å². The first-order chi connectivity index (χ1) is 12.3. The Balaban J connectivity index is 1.48. The van der Waals surface area contributed by atoms with Gasteiger partial charge in [0.25, 0.3) is 5.91 Å². The van der Waals surface area contributed by atoms with Crippen molar-refractivity contribution < 1.29 is 4.79 Å². The number of carbonyl (C=O) groups excluding carboxylic acids is 1. The molecule has 0 saturated carbocycles. The van der Waals surface area contributed by atoms with Crippen LogP contribution in [0, 0.1) is 0 Å². The SMILES string of the molecule is O=C(Nc1ncc(Cc2ccccc2)s1)c1ccc2ccccc2c1. The van der Waals surface area contributed by atoms with E-state index in [2.05, 4.69) is 22.4 Å². The van der Waals surface area contributed by atoms with E-state index >= 15 is 0 Å². The summed E-state index contributed by atoms with van der Waals surface area (Å²) < 4.78 is 0.